The normalized spacial score (nSPS) is 34.6. The van der Waals surface area contributed by atoms with Crippen molar-refractivity contribution < 1.29 is 9.47 Å². The number of morpholine rings is 2. The molecule has 4 rings (SSSR count). The van der Waals surface area contributed by atoms with Crippen molar-refractivity contribution in [2.75, 3.05) is 32.8 Å². The highest BCUT2D eigenvalue weighted by molar-refractivity contribution is 5.27. The van der Waals surface area contributed by atoms with Crippen molar-refractivity contribution in [3.8, 4) is 0 Å². The maximum atomic E-state index is 5.90. The van der Waals surface area contributed by atoms with E-state index in [9.17, 15) is 0 Å². The Morgan fingerprint density at radius 3 is 2.64 bits per heavy atom. The highest BCUT2D eigenvalue weighted by Crippen LogP contribution is 2.30. The topological polar surface area (TPSA) is 45.8 Å². The summed E-state index contributed by atoms with van der Waals surface area (Å²) in [4.78, 5) is 2.54. The Morgan fingerprint density at radius 2 is 1.89 bits per heavy atom. The summed E-state index contributed by atoms with van der Waals surface area (Å²) in [6.45, 7) is 11.1. The molecule has 0 radical (unpaired) electrons. The van der Waals surface area contributed by atoms with Gasteiger partial charge in [-0.15, -0.1) is 0 Å². The first kappa shape index (κ1) is 20.3. The van der Waals surface area contributed by atoms with Crippen LogP contribution in [-0.2, 0) is 22.6 Å². The molecule has 5 unspecified atom stereocenters. The van der Waals surface area contributed by atoms with Crippen molar-refractivity contribution in [1.82, 2.24) is 15.5 Å². The third-order valence-electron chi connectivity index (χ3n) is 6.60. The SMILES string of the molecule is CC1CN(Cc2ccccc2CNC2CCCC2C2COCCN2)CC(C)O1. The second-order valence-electron chi connectivity index (χ2n) is 8.94. The van der Waals surface area contributed by atoms with Crippen LogP contribution in [0.2, 0.25) is 0 Å². The Morgan fingerprint density at radius 1 is 1.11 bits per heavy atom. The van der Waals surface area contributed by atoms with E-state index >= 15 is 0 Å². The Labute approximate surface area is 170 Å². The van der Waals surface area contributed by atoms with E-state index in [1.54, 1.807) is 0 Å². The van der Waals surface area contributed by atoms with E-state index in [1.165, 1.54) is 30.4 Å². The summed E-state index contributed by atoms with van der Waals surface area (Å²) < 4.78 is 11.6. The first-order chi connectivity index (χ1) is 13.7. The zero-order valence-corrected chi connectivity index (χ0v) is 17.5. The zero-order valence-electron chi connectivity index (χ0n) is 17.5. The van der Waals surface area contributed by atoms with Crippen LogP contribution in [0, 0.1) is 5.92 Å². The van der Waals surface area contributed by atoms with Crippen LogP contribution < -0.4 is 10.6 Å². The number of ether oxygens (including phenoxy) is 2. The number of hydrogen-bond donors (Lipinski definition) is 2. The van der Waals surface area contributed by atoms with Gasteiger partial charge in [0.15, 0.2) is 0 Å². The van der Waals surface area contributed by atoms with Gasteiger partial charge in [-0.2, -0.15) is 0 Å². The fraction of sp³-hybridized carbons (Fsp3) is 0.739. The summed E-state index contributed by atoms with van der Waals surface area (Å²) in [5.74, 6) is 0.688. The summed E-state index contributed by atoms with van der Waals surface area (Å²) in [6, 6.07) is 10.0. The van der Waals surface area contributed by atoms with Crippen LogP contribution in [0.5, 0.6) is 0 Å². The molecular formula is C23H37N3O2. The van der Waals surface area contributed by atoms with Gasteiger partial charge in [0.25, 0.3) is 0 Å². The average Bonchev–Trinajstić information content (AvgIpc) is 3.16. The van der Waals surface area contributed by atoms with Crippen molar-refractivity contribution in [2.45, 2.75) is 70.5 Å². The van der Waals surface area contributed by atoms with Gasteiger partial charge in [0.2, 0.25) is 0 Å². The quantitative estimate of drug-likeness (QED) is 0.785. The van der Waals surface area contributed by atoms with E-state index in [1.807, 2.05) is 0 Å². The summed E-state index contributed by atoms with van der Waals surface area (Å²) >= 11 is 0. The molecule has 0 bridgehead atoms. The van der Waals surface area contributed by atoms with E-state index in [0.29, 0.717) is 30.2 Å². The van der Waals surface area contributed by atoms with Crippen molar-refractivity contribution in [2.24, 2.45) is 5.92 Å². The average molecular weight is 388 g/mol. The second kappa shape index (κ2) is 9.68. The summed E-state index contributed by atoms with van der Waals surface area (Å²) in [5, 5.41) is 7.58. The van der Waals surface area contributed by atoms with Crippen LogP contribution in [0.4, 0.5) is 0 Å². The number of hydrogen-bond acceptors (Lipinski definition) is 5. The van der Waals surface area contributed by atoms with E-state index in [-0.39, 0.29) is 0 Å². The molecule has 1 aromatic carbocycles. The lowest BCUT2D eigenvalue weighted by molar-refractivity contribution is -0.0705. The fourth-order valence-corrected chi connectivity index (χ4v) is 5.36. The molecule has 1 aliphatic carbocycles. The Hall–Kier alpha value is -0.980. The molecule has 156 valence electrons. The largest absolute Gasteiger partial charge is 0.379 e. The van der Waals surface area contributed by atoms with Crippen molar-refractivity contribution >= 4 is 0 Å². The lowest BCUT2D eigenvalue weighted by Gasteiger charge is -2.36. The van der Waals surface area contributed by atoms with Gasteiger partial charge in [-0.1, -0.05) is 30.7 Å². The smallest absolute Gasteiger partial charge is 0.0678 e. The highest BCUT2D eigenvalue weighted by atomic mass is 16.5. The van der Waals surface area contributed by atoms with Crippen molar-refractivity contribution in [1.29, 1.82) is 0 Å². The molecule has 0 aromatic heterocycles. The molecule has 2 N–H and O–H groups in total. The highest BCUT2D eigenvalue weighted by Gasteiger charge is 2.34. The number of nitrogens with zero attached hydrogens (tertiary/aromatic N) is 1. The maximum Gasteiger partial charge on any atom is 0.0678 e. The molecule has 2 aliphatic heterocycles. The summed E-state index contributed by atoms with van der Waals surface area (Å²) in [7, 11) is 0. The van der Waals surface area contributed by atoms with Crippen LogP contribution in [0.15, 0.2) is 24.3 Å². The van der Waals surface area contributed by atoms with Crippen LogP contribution in [0.3, 0.4) is 0 Å². The van der Waals surface area contributed by atoms with E-state index in [0.717, 1.165) is 45.9 Å². The zero-order chi connectivity index (χ0) is 19.3. The molecule has 5 heteroatoms. The standard InChI is InChI=1S/C23H37N3O2/c1-17-13-26(14-18(2)28-17)15-20-7-4-3-6-19(20)12-25-22-9-5-8-21(22)23-16-27-11-10-24-23/h3-4,6-7,17-18,21-25H,5,8-16H2,1-2H3. The maximum absolute atomic E-state index is 5.90. The number of rotatable bonds is 6. The van der Waals surface area contributed by atoms with E-state index in [2.05, 4.69) is 53.6 Å². The summed E-state index contributed by atoms with van der Waals surface area (Å²) in [5.41, 5.74) is 2.89. The third-order valence-corrected chi connectivity index (χ3v) is 6.60. The predicted octanol–water partition coefficient (Wildman–Crippen LogP) is 2.54. The van der Waals surface area contributed by atoms with Crippen LogP contribution in [-0.4, -0.2) is 62.0 Å². The van der Waals surface area contributed by atoms with Crippen molar-refractivity contribution in [3.63, 3.8) is 0 Å². The molecule has 0 spiro atoms. The number of benzene rings is 1. The van der Waals surface area contributed by atoms with Crippen LogP contribution >= 0.6 is 0 Å². The Balaban J connectivity index is 1.36. The molecule has 2 heterocycles. The minimum absolute atomic E-state index is 0.318. The first-order valence-electron chi connectivity index (χ1n) is 11.2. The summed E-state index contributed by atoms with van der Waals surface area (Å²) in [6.07, 6.45) is 4.55. The van der Waals surface area contributed by atoms with Gasteiger partial charge in [0.1, 0.15) is 0 Å². The molecule has 5 atom stereocenters. The molecule has 5 nitrogen and oxygen atoms in total. The molecule has 2 saturated heterocycles. The molecule has 1 aromatic rings. The van der Waals surface area contributed by atoms with E-state index in [4.69, 9.17) is 9.47 Å². The van der Waals surface area contributed by atoms with Gasteiger partial charge in [0, 0.05) is 44.8 Å². The molecule has 1 saturated carbocycles. The van der Waals surface area contributed by atoms with Gasteiger partial charge < -0.3 is 20.1 Å². The minimum Gasteiger partial charge on any atom is -0.379 e. The second-order valence-corrected chi connectivity index (χ2v) is 8.94. The minimum atomic E-state index is 0.318. The van der Waals surface area contributed by atoms with Gasteiger partial charge >= 0.3 is 0 Å². The van der Waals surface area contributed by atoms with Crippen molar-refractivity contribution in [3.05, 3.63) is 35.4 Å². The molecule has 3 fully saturated rings. The third kappa shape index (κ3) is 5.14. The molecule has 0 amide bonds. The monoisotopic (exact) mass is 387 g/mol. The first-order valence-corrected chi connectivity index (χ1v) is 11.2. The molecule has 28 heavy (non-hydrogen) atoms. The van der Waals surface area contributed by atoms with Crippen LogP contribution in [0.25, 0.3) is 0 Å². The number of nitrogens with one attached hydrogen (secondary N) is 2. The lowest BCUT2D eigenvalue weighted by atomic mass is 9.93. The predicted molar refractivity (Wildman–Crippen MR) is 112 cm³/mol. The van der Waals surface area contributed by atoms with Gasteiger partial charge in [0.05, 0.1) is 25.4 Å². The fourth-order valence-electron chi connectivity index (χ4n) is 5.36. The Bertz CT molecular complexity index is 610. The lowest BCUT2D eigenvalue weighted by Crippen LogP contribution is -2.50. The van der Waals surface area contributed by atoms with Gasteiger partial charge in [-0.25, -0.2) is 0 Å². The molecular weight excluding hydrogens is 350 g/mol. The molecule has 3 aliphatic rings. The van der Waals surface area contributed by atoms with Crippen LogP contribution in [0.1, 0.15) is 44.2 Å². The Kier molecular flexibility index (Phi) is 7.02. The van der Waals surface area contributed by atoms with Gasteiger partial charge in [-0.3, -0.25) is 4.90 Å². The van der Waals surface area contributed by atoms with Gasteiger partial charge in [-0.05, 0) is 43.7 Å². The van der Waals surface area contributed by atoms with E-state index < -0.39 is 0 Å².